The predicted octanol–water partition coefficient (Wildman–Crippen LogP) is 1.49. The molecule has 1 aromatic rings. The molecule has 0 aromatic carbocycles. The Morgan fingerprint density at radius 2 is 1.90 bits per heavy atom. The number of nitrogens with zero attached hydrogens (tertiary/aromatic N) is 4. The summed E-state index contributed by atoms with van der Waals surface area (Å²) in [4.78, 5) is 24.1. The molecule has 1 rings (SSSR count). The van der Waals surface area contributed by atoms with Gasteiger partial charge in [0.1, 0.15) is 18.0 Å². The lowest BCUT2D eigenvalue weighted by Gasteiger charge is -2.26. The van der Waals surface area contributed by atoms with Crippen molar-refractivity contribution in [1.29, 1.82) is 0 Å². The van der Waals surface area contributed by atoms with Crippen molar-refractivity contribution in [2.75, 3.05) is 37.3 Å². The van der Waals surface area contributed by atoms with Gasteiger partial charge in [-0.1, -0.05) is 13.8 Å². The van der Waals surface area contributed by atoms with Crippen LogP contribution in [0.3, 0.4) is 0 Å². The largest absolute Gasteiger partial charge is 0.383 e. The number of carbonyl (C=O) groups is 1. The third-order valence-corrected chi connectivity index (χ3v) is 3.32. The van der Waals surface area contributed by atoms with Crippen LogP contribution in [0.5, 0.6) is 0 Å². The van der Waals surface area contributed by atoms with Gasteiger partial charge in [0.25, 0.3) is 0 Å². The maximum atomic E-state index is 12.2. The molecule has 0 bridgehead atoms. The first kappa shape index (κ1) is 16.2. The number of carbonyl (C=O) groups excluding carboxylic acids is 1. The summed E-state index contributed by atoms with van der Waals surface area (Å²) in [6.07, 6.45) is 1.44. The molecule has 2 N–H and O–H groups in total. The average molecular weight is 279 g/mol. The second-order valence-electron chi connectivity index (χ2n) is 5.07. The summed E-state index contributed by atoms with van der Waals surface area (Å²) >= 11 is 0. The van der Waals surface area contributed by atoms with E-state index < -0.39 is 0 Å². The zero-order valence-electron chi connectivity index (χ0n) is 13.1. The smallest absolute Gasteiger partial charge is 0.242 e. The van der Waals surface area contributed by atoms with Gasteiger partial charge in [-0.15, -0.1) is 0 Å². The van der Waals surface area contributed by atoms with Crippen LogP contribution in [0, 0.1) is 0 Å². The highest BCUT2D eigenvalue weighted by atomic mass is 16.2. The summed E-state index contributed by atoms with van der Waals surface area (Å²) in [7, 11) is 1.86. The minimum atomic E-state index is 0.0874. The second-order valence-corrected chi connectivity index (χ2v) is 5.07. The standard InChI is InChI=1S/C14H25N5O/c1-6-19(7-2)11(20)8-18(5)14-12(10(3)4)13(15)16-9-17-14/h9-10H,6-8H2,1-5H3,(H2,15,16,17). The van der Waals surface area contributed by atoms with Crippen molar-refractivity contribution in [2.45, 2.75) is 33.6 Å². The van der Waals surface area contributed by atoms with E-state index in [0.29, 0.717) is 18.9 Å². The number of nitrogen functional groups attached to an aromatic ring is 1. The number of likely N-dealkylation sites (N-methyl/N-ethyl adjacent to an activating group) is 2. The Kier molecular flexibility index (Phi) is 5.73. The third-order valence-electron chi connectivity index (χ3n) is 3.32. The van der Waals surface area contributed by atoms with E-state index in [2.05, 4.69) is 9.97 Å². The molecule has 0 unspecified atom stereocenters. The van der Waals surface area contributed by atoms with E-state index in [1.54, 1.807) is 4.90 Å². The number of aromatic nitrogens is 2. The molecule has 6 heteroatoms. The van der Waals surface area contributed by atoms with Crippen LogP contribution in [0.4, 0.5) is 11.6 Å². The molecule has 0 atom stereocenters. The number of rotatable bonds is 6. The van der Waals surface area contributed by atoms with Gasteiger partial charge in [0, 0.05) is 25.7 Å². The fourth-order valence-corrected chi connectivity index (χ4v) is 2.21. The van der Waals surface area contributed by atoms with E-state index in [4.69, 9.17) is 5.73 Å². The van der Waals surface area contributed by atoms with Crippen LogP contribution >= 0.6 is 0 Å². The summed E-state index contributed by atoms with van der Waals surface area (Å²) in [5.74, 6) is 1.50. The van der Waals surface area contributed by atoms with E-state index >= 15 is 0 Å². The highest BCUT2D eigenvalue weighted by Crippen LogP contribution is 2.28. The average Bonchev–Trinajstić information content (AvgIpc) is 2.39. The lowest BCUT2D eigenvalue weighted by molar-refractivity contribution is -0.129. The number of nitrogens with two attached hydrogens (primary N) is 1. The zero-order valence-corrected chi connectivity index (χ0v) is 13.1. The van der Waals surface area contributed by atoms with E-state index in [1.807, 2.05) is 39.6 Å². The summed E-state index contributed by atoms with van der Waals surface area (Å²) in [6, 6.07) is 0. The van der Waals surface area contributed by atoms with Crippen molar-refractivity contribution < 1.29 is 4.79 Å². The molecule has 0 fully saturated rings. The molecule has 112 valence electrons. The molecule has 0 radical (unpaired) electrons. The predicted molar refractivity (Wildman–Crippen MR) is 81.7 cm³/mol. The molecule has 1 aromatic heterocycles. The SMILES string of the molecule is CCN(CC)C(=O)CN(C)c1ncnc(N)c1C(C)C. The molecular weight excluding hydrogens is 254 g/mol. The number of hydrogen-bond acceptors (Lipinski definition) is 5. The van der Waals surface area contributed by atoms with Crippen LogP contribution in [0.2, 0.25) is 0 Å². The van der Waals surface area contributed by atoms with Gasteiger partial charge >= 0.3 is 0 Å². The minimum Gasteiger partial charge on any atom is -0.383 e. The van der Waals surface area contributed by atoms with Gasteiger partial charge in [-0.3, -0.25) is 4.79 Å². The van der Waals surface area contributed by atoms with Crippen molar-refractivity contribution in [3.8, 4) is 0 Å². The highest BCUT2D eigenvalue weighted by molar-refractivity contribution is 5.81. The Labute approximate surface area is 121 Å². The van der Waals surface area contributed by atoms with Gasteiger partial charge in [-0.2, -0.15) is 0 Å². The Bertz CT molecular complexity index is 457. The van der Waals surface area contributed by atoms with E-state index in [1.165, 1.54) is 6.33 Å². The molecule has 0 aliphatic rings. The van der Waals surface area contributed by atoms with Gasteiger partial charge in [0.05, 0.1) is 6.54 Å². The number of hydrogen-bond donors (Lipinski definition) is 1. The highest BCUT2D eigenvalue weighted by Gasteiger charge is 2.19. The Morgan fingerprint density at radius 3 is 2.40 bits per heavy atom. The van der Waals surface area contributed by atoms with Crippen LogP contribution in [0.25, 0.3) is 0 Å². The van der Waals surface area contributed by atoms with Crippen molar-refractivity contribution in [3.63, 3.8) is 0 Å². The molecule has 20 heavy (non-hydrogen) atoms. The minimum absolute atomic E-state index is 0.0874. The fraction of sp³-hybridized carbons (Fsp3) is 0.643. The summed E-state index contributed by atoms with van der Waals surface area (Å²) in [6.45, 7) is 9.75. The molecule has 0 spiro atoms. The Balaban J connectivity index is 2.96. The molecule has 0 saturated heterocycles. The Morgan fingerprint density at radius 1 is 1.30 bits per heavy atom. The second kappa shape index (κ2) is 7.07. The molecule has 1 amide bonds. The molecule has 0 aliphatic heterocycles. The van der Waals surface area contributed by atoms with Crippen LogP contribution in [-0.4, -0.2) is 47.5 Å². The lowest BCUT2D eigenvalue weighted by Crippen LogP contribution is -2.39. The maximum absolute atomic E-state index is 12.2. The monoisotopic (exact) mass is 279 g/mol. The lowest BCUT2D eigenvalue weighted by atomic mass is 10.0. The van der Waals surface area contributed by atoms with E-state index in [9.17, 15) is 4.79 Å². The fourth-order valence-electron chi connectivity index (χ4n) is 2.21. The molecular formula is C14H25N5O. The number of anilines is 2. The van der Waals surface area contributed by atoms with E-state index in [-0.39, 0.29) is 18.4 Å². The number of amides is 1. The first-order valence-electron chi connectivity index (χ1n) is 7.01. The van der Waals surface area contributed by atoms with Gasteiger partial charge in [0.15, 0.2) is 0 Å². The van der Waals surface area contributed by atoms with Gasteiger partial charge < -0.3 is 15.5 Å². The van der Waals surface area contributed by atoms with Crippen molar-refractivity contribution >= 4 is 17.5 Å². The molecule has 1 heterocycles. The van der Waals surface area contributed by atoms with Gasteiger partial charge in [-0.05, 0) is 19.8 Å². The quantitative estimate of drug-likeness (QED) is 0.853. The van der Waals surface area contributed by atoms with Crippen LogP contribution in [-0.2, 0) is 4.79 Å². The summed E-state index contributed by atoms with van der Waals surface area (Å²) in [5, 5.41) is 0. The molecule has 6 nitrogen and oxygen atoms in total. The van der Waals surface area contributed by atoms with Crippen molar-refractivity contribution in [1.82, 2.24) is 14.9 Å². The normalized spacial score (nSPS) is 10.7. The first-order chi connectivity index (χ1) is 9.42. The molecule has 0 saturated carbocycles. The van der Waals surface area contributed by atoms with E-state index in [0.717, 1.165) is 11.4 Å². The maximum Gasteiger partial charge on any atom is 0.242 e. The van der Waals surface area contributed by atoms with Crippen molar-refractivity contribution in [2.24, 2.45) is 0 Å². The summed E-state index contributed by atoms with van der Waals surface area (Å²) < 4.78 is 0. The van der Waals surface area contributed by atoms with Crippen LogP contribution in [0.15, 0.2) is 6.33 Å². The topological polar surface area (TPSA) is 75.4 Å². The molecule has 0 aliphatic carbocycles. The van der Waals surface area contributed by atoms with Gasteiger partial charge in [0.2, 0.25) is 5.91 Å². The zero-order chi connectivity index (χ0) is 15.3. The van der Waals surface area contributed by atoms with Gasteiger partial charge in [-0.25, -0.2) is 9.97 Å². The van der Waals surface area contributed by atoms with Crippen molar-refractivity contribution in [3.05, 3.63) is 11.9 Å². The third kappa shape index (κ3) is 3.59. The summed E-state index contributed by atoms with van der Waals surface area (Å²) in [5.41, 5.74) is 6.82. The van der Waals surface area contributed by atoms with Crippen LogP contribution < -0.4 is 10.6 Å². The first-order valence-corrected chi connectivity index (χ1v) is 7.01. The Hall–Kier alpha value is -1.85. The van der Waals surface area contributed by atoms with Crippen LogP contribution in [0.1, 0.15) is 39.2 Å².